The van der Waals surface area contributed by atoms with Crippen molar-refractivity contribution in [3.05, 3.63) is 53.0 Å². The van der Waals surface area contributed by atoms with E-state index in [0.29, 0.717) is 5.69 Å². The van der Waals surface area contributed by atoms with Gasteiger partial charge in [0.2, 0.25) is 6.29 Å². The number of aromatic nitrogens is 3. The average Bonchev–Trinajstić information content (AvgIpc) is 3.05. The molecule has 2 heterocycles. The molecule has 3 rings (SSSR count). The number of cyclic esters (lactones) is 1. The van der Waals surface area contributed by atoms with Crippen LogP contribution >= 0.6 is 11.6 Å². The summed E-state index contributed by atoms with van der Waals surface area (Å²) in [5, 5.41) is 20.2. The first-order chi connectivity index (χ1) is 10.1. The Labute approximate surface area is 124 Å². The van der Waals surface area contributed by atoms with Crippen molar-refractivity contribution in [2.24, 2.45) is 0 Å². The zero-order chi connectivity index (χ0) is 14.8. The summed E-state index contributed by atoms with van der Waals surface area (Å²) in [6.07, 6.45) is 0.370. The Morgan fingerprint density at radius 1 is 1.38 bits per heavy atom. The molecule has 2 N–H and O–H groups in total. The van der Waals surface area contributed by atoms with Crippen molar-refractivity contribution >= 4 is 17.6 Å². The number of carbonyl (C=O) groups is 1. The standard InChI is InChI=1S/C13H11ClN4O3/c14-10-11(13(20)21-12(10)19)15-6-8-7-18(17-16-8)9-4-2-1-3-5-9/h1-5,7,13,15,20H,6H2. The van der Waals surface area contributed by atoms with Crippen LogP contribution < -0.4 is 5.32 Å². The molecule has 8 heteroatoms. The van der Waals surface area contributed by atoms with Crippen molar-refractivity contribution in [1.29, 1.82) is 0 Å². The maximum Gasteiger partial charge on any atom is 0.354 e. The third kappa shape index (κ3) is 2.74. The number of benzene rings is 1. The number of ether oxygens (including phenoxy) is 1. The number of rotatable bonds is 4. The van der Waals surface area contributed by atoms with E-state index in [1.165, 1.54) is 0 Å². The molecule has 1 unspecified atom stereocenters. The first-order valence-corrected chi connectivity index (χ1v) is 6.52. The van der Waals surface area contributed by atoms with Gasteiger partial charge in [-0.15, -0.1) is 5.10 Å². The van der Waals surface area contributed by atoms with Crippen LogP contribution in [0.3, 0.4) is 0 Å². The van der Waals surface area contributed by atoms with E-state index >= 15 is 0 Å². The number of nitrogens with zero attached hydrogens (tertiary/aromatic N) is 3. The summed E-state index contributed by atoms with van der Waals surface area (Å²) in [6.45, 7) is 0.256. The van der Waals surface area contributed by atoms with Crippen LogP contribution in [0.15, 0.2) is 47.3 Å². The van der Waals surface area contributed by atoms with E-state index in [1.807, 2.05) is 30.3 Å². The van der Waals surface area contributed by atoms with E-state index in [1.54, 1.807) is 10.9 Å². The second-order valence-corrected chi connectivity index (χ2v) is 4.71. The van der Waals surface area contributed by atoms with Crippen LogP contribution in [0.2, 0.25) is 0 Å². The number of esters is 1. The highest BCUT2D eigenvalue weighted by Crippen LogP contribution is 2.22. The van der Waals surface area contributed by atoms with E-state index in [2.05, 4.69) is 20.4 Å². The summed E-state index contributed by atoms with van der Waals surface area (Å²) in [6, 6.07) is 9.52. The Morgan fingerprint density at radius 2 is 2.14 bits per heavy atom. The first kappa shape index (κ1) is 13.6. The Morgan fingerprint density at radius 3 is 2.81 bits per heavy atom. The van der Waals surface area contributed by atoms with Gasteiger partial charge in [-0.1, -0.05) is 35.0 Å². The Kier molecular flexibility index (Phi) is 3.59. The number of nitrogens with one attached hydrogen (secondary N) is 1. The van der Waals surface area contributed by atoms with Crippen molar-refractivity contribution in [3.63, 3.8) is 0 Å². The molecule has 1 atom stereocenters. The minimum absolute atomic E-state index is 0.135. The van der Waals surface area contributed by atoms with Crippen molar-refractivity contribution < 1.29 is 14.6 Å². The molecular formula is C13H11ClN4O3. The fraction of sp³-hybridized carbons (Fsp3) is 0.154. The number of carbonyl (C=O) groups excluding carboxylic acids is 1. The van der Waals surface area contributed by atoms with Crippen LogP contribution in [0.1, 0.15) is 5.69 Å². The summed E-state index contributed by atoms with van der Waals surface area (Å²) in [4.78, 5) is 11.2. The van der Waals surface area contributed by atoms with Crippen molar-refractivity contribution in [3.8, 4) is 5.69 Å². The minimum Gasteiger partial charge on any atom is -0.425 e. The molecule has 7 nitrogen and oxygen atoms in total. The number of para-hydroxylation sites is 1. The van der Waals surface area contributed by atoms with Gasteiger partial charge in [-0.25, -0.2) is 9.48 Å². The predicted octanol–water partition coefficient (Wildman–Crippen LogP) is 0.682. The van der Waals surface area contributed by atoms with Gasteiger partial charge >= 0.3 is 5.97 Å². The molecule has 0 fully saturated rings. The summed E-state index contributed by atoms with van der Waals surface area (Å²) in [7, 11) is 0. The molecule has 108 valence electrons. The zero-order valence-electron chi connectivity index (χ0n) is 10.7. The number of hydrogen-bond acceptors (Lipinski definition) is 6. The Bertz CT molecular complexity index is 698. The van der Waals surface area contributed by atoms with Crippen LogP contribution in [0, 0.1) is 0 Å². The van der Waals surface area contributed by atoms with Crippen LogP contribution in [0.5, 0.6) is 0 Å². The van der Waals surface area contributed by atoms with Gasteiger partial charge in [-0.05, 0) is 12.1 Å². The normalized spacial score (nSPS) is 18.0. The highest BCUT2D eigenvalue weighted by atomic mass is 35.5. The average molecular weight is 307 g/mol. The lowest BCUT2D eigenvalue weighted by Crippen LogP contribution is -2.22. The quantitative estimate of drug-likeness (QED) is 0.808. The van der Waals surface area contributed by atoms with Crippen molar-refractivity contribution in [2.45, 2.75) is 12.8 Å². The molecule has 0 saturated heterocycles. The zero-order valence-corrected chi connectivity index (χ0v) is 11.5. The van der Waals surface area contributed by atoms with Gasteiger partial charge in [0, 0.05) is 0 Å². The fourth-order valence-corrected chi connectivity index (χ4v) is 2.07. The monoisotopic (exact) mass is 306 g/mol. The maximum absolute atomic E-state index is 11.2. The van der Waals surface area contributed by atoms with Gasteiger partial charge in [-0.3, -0.25) is 0 Å². The number of aliphatic hydroxyl groups is 1. The number of aliphatic hydroxyl groups excluding tert-OH is 1. The van der Waals surface area contributed by atoms with Gasteiger partial charge in [0.1, 0.15) is 11.4 Å². The lowest BCUT2D eigenvalue weighted by Gasteiger charge is -2.08. The molecule has 0 aliphatic carbocycles. The molecule has 1 aliphatic heterocycles. The summed E-state index contributed by atoms with van der Waals surface area (Å²) >= 11 is 5.73. The van der Waals surface area contributed by atoms with Crippen LogP contribution in [0.4, 0.5) is 0 Å². The third-order valence-corrected chi connectivity index (χ3v) is 3.26. The van der Waals surface area contributed by atoms with Crippen LogP contribution in [-0.4, -0.2) is 32.4 Å². The summed E-state index contributed by atoms with van der Waals surface area (Å²) < 4.78 is 6.18. The van der Waals surface area contributed by atoms with Gasteiger partial charge in [-0.2, -0.15) is 0 Å². The van der Waals surface area contributed by atoms with Gasteiger partial charge in [0.05, 0.1) is 18.4 Å². The van der Waals surface area contributed by atoms with E-state index < -0.39 is 12.3 Å². The van der Waals surface area contributed by atoms with E-state index in [9.17, 15) is 9.90 Å². The molecule has 1 aliphatic rings. The molecule has 0 saturated carbocycles. The molecule has 2 aromatic rings. The summed E-state index contributed by atoms with van der Waals surface area (Å²) in [5.41, 5.74) is 1.64. The predicted molar refractivity (Wildman–Crippen MR) is 73.2 cm³/mol. The molecule has 0 bridgehead atoms. The maximum atomic E-state index is 11.2. The van der Waals surface area contributed by atoms with Crippen LogP contribution in [-0.2, 0) is 16.1 Å². The molecular weight excluding hydrogens is 296 g/mol. The molecule has 0 amide bonds. The smallest absolute Gasteiger partial charge is 0.354 e. The van der Waals surface area contributed by atoms with E-state index in [-0.39, 0.29) is 17.3 Å². The third-order valence-electron chi connectivity index (χ3n) is 2.90. The fourth-order valence-electron chi connectivity index (χ4n) is 1.87. The topological polar surface area (TPSA) is 89.3 Å². The summed E-state index contributed by atoms with van der Waals surface area (Å²) in [5.74, 6) is -0.750. The van der Waals surface area contributed by atoms with Crippen LogP contribution in [0.25, 0.3) is 5.69 Å². The highest BCUT2D eigenvalue weighted by molar-refractivity contribution is 6.42. The largest absolute Gasteiger partial charge is 0.425 e. The second-order valence-electron chi connectivity index (χ2n) is 4.33. The van der Waals surface area contributed by atoms with Crippen molar-refractivity contribution in [1.82, 2.24) is 20.3 Å². The highest BCUT2D eigenvalue weighted by Gasteiger charge is 2.31. The molecule has 21 heavy (non-hydrogen) atoms. The SMILES string of the molecule is O=C1OC(O)C(NCc2cn(-c3ccccc3)nn2)=C1Cl. The molecule has 1 aromatic heterocycles. The molecule has 0 spiro atoms. The van der Waals surface area contributed by atoms with Gasteiger partial charge in [0.15, 0.2) is 5.03 Å². The van der Waals surface area contributed by atoms with Gasteiger partial charge in [0.25, 0.3) is 0 Å². The van der Waals surface area contributed by atoms with E-state index in [0.717, 1.165) is 5.69 Å². The lowest BCUT2D eigenvalue weighted by atomic mass is 10.3. The van der Waals surface area contributed by atoms with E-state index in [4.69, 9.17) is 11.6 Å². The van der Waals surface area contributed by atoms with Crippen molar-refractivity contribution in [2.75, 3.05) is 0 Å². The first-order valence-electron chi connectivity index (χ1n) is 6.14. The Hall–Kier alpha value is -2.38. The molecule has 1 aromatic carbocycles. The lowest BCUT2D eigenvalue weighted by molar-refractivity contribution is -0.151. The molecule has 0 radical (unpaired) electrons. The van der Waals surface area contributed by atoms with Gasteiger partial charge < -0.3 is 15.2 Å². The number of halogens is 1. The second kappa shape index (κ2) is 5.55. The Balaban J connectivity index is 1.70. The number of hydrogen-bond donors (Lipinski definition) is 2. The minimum atomic E-state index is -1.37.